The molecule has 0 aromatic heterocycles. The van der Waals surface area contributed by atoms with Crippen LogP contribution in [-0.2, 0) is 4.52 Å². The molecule has 1 aromatic carbocycles. The van der Waals surface area contributed by atoms with E-state index in [2.05, 4.69) is 59.1 Å². The van der Waals surface area contributed by atoms with Crippen molar-refractivity contribution in [3.63, 3.8) is 0 Å². The predicted molar refractivity (Wildman–Crippen MR) is 105 cm³/mol. The fourth-order valence-electron chi connectivity index (χ4n) is 2.26. The second-order valence-corrected chi connectivity index (χ2v) is 12.6. The maximum atomic E-state index is 6.40. The molecule has 0 radical (unpaired) electrons. The summed E-state index contributed by atoms with van der Waals surface area (Å²) >= 11 is 5.23. The van der Waals surface area contributed by atoms with Gasteiger partial charge in [-0.3, -0.25) is 0 Å². The number of rotatable bonds is 12. The number of hydrogen-bond donors (Lipinski definition) is 0. The molecule has 0 aliphatic heterocycles. The molecule has 1 rings (SSSR count). The van der Waals surface area contributed by atoms with Crippen LogP contribution in [0.1, 0.15) is 45.4 Å². The van der Waals surface area contributed by atoms with E-state index in [9.17, 15) is 0 Å². The SMILES string of the molecule is C=CCCCP(=[Se])(OCCCCCC)c1ccc(SC)cc1. The number of unbranched alkanes of at least 4 members (excludes halogenated alkanes) is 4. The average molecular weight is 403 g/mol. The molecule has 0 saturated carbocycles. The van der Waals surface area contributed by atoms with Gasteiger partial charge in [0.15, 0.2) is 0 Å². The summed E-state index contributed by atoms with van der Waals surface area (Å²) in [7, 11) is 0. The third kappa shape index (κ3) is 7.19. The summed E-state index contributed by atoms with van der Waals surface area (Å²) in [6.45, 7) is 6.95. The van der Waals surface area contributed by atoms with E-state index in [0.717, 1.165) is 25.6 Å². The van der Waals surface area contributed by atoms with Crippen molar-refractivity contribution in [2.45, 2.75) is 50.3 Å². The van der Waals surface area contributed by atoms with Gasteiger partial charge in [0.1, 0.15) is 0 Å². The molecule has 0 bridgehead atoms. The standard InChI is InChI=1S/C18H29OPSSe/c1-4-6-8-9-15-19-20(22,16-10-7-5-2)17-11-13-18(21-3)14-12-17/h5,11-14H,2,4,6-10,15-16H2,1,3H3. The van der Waals surface area contributed by atoms with Crippen LogP contribution in [0.5, 0.6) is 0 Å². The van der Waals surface area contributed by atoms with Crippen LogP contribution < -0.4 is 5.30 Å². The Labute approximate surface area is 148 Å². The first-order valence-electron chi connectivity index (χ1n) is 8.15. The van der Waals surface area contributed by atoms with Gasteiger partial charge in [-0.15, -0.1) is 0 Å². The van der Waals surface area contributed by atoms with E-state index in [0.29, 0.717) is 0 Å². The summed E-state index contributed by atoms with van der Waals surface area (Å²) in [6, 6.07) is 8.91. The van der Waals surface area contributed by atoms with E-state index in [1.54, 1.807) is 11.8 Å². The van der Waals surface area contributed by atoms with Gasteiger partial charge in [-0.2, -0.15) is 0 Å². The molecule has 0 saturated heterocycles. The quantitative estimate of drug-likeness (QED) is 0.147. The van der Waals surface area contributed by atoms with Gasteiger partial charge >= 0.3 is 149 Å². The fraction of sp³-hybridized carbons (Fsp3) is 0.556. The second-order valence-electron chi connectivity index (χ2n) is 5.42. The first-order chi connectivity index (χ1) is 10.7. The van der Waals surface area contributed by atoms with Gasteiger partial charge in [-0.1, -0.05) is 0 Å². The van der Waals surface area contributed by atoms with Gasteiger partial charge in [-0.25, -0.2) is 0 Å². The molecule has 0 aliphatic rings. The van der Waals surface area contributed by atoms with Crippen molar-refractivity contribution in [3.8, 4) is 0 Å². The van der Waals surface area contributed by atoms with Crippen LogP contribution in [0, 0.1) is 0 Å². The predicted octanol–water partition coefficient (Wildman–Crippen LogP) is 5.61. The zero-order valence-electron chi connectivity index (χ0n) is 13.9. The van der Waals surface area contributed by atoms with Crippen molar-refractivity contribution >= 4 is 37.9 Å². The van der Waals surface area contributed by atoms with Gasteiger partial charge in [0.2, 0.25) is 0 Å². The molecular formula is C18H29OPSSe. The van der Waals surface area contributed by atoms with Gasteiger partial charge < -0.3 is 0 Å². The monoisotopic (exact) mass is 404 g/mol. The first-order valence-corrected chi connectivity index (χ1v) is 13.5. The Morgan fingerprint density at radius 1 is 1.18 bits per heavy atom. The van der Waals surface area contributed by atoms with E-state index >= 15 is 0 Å². The van der Waals surface area contributed by atoms with Crippen LogP contribution >= 0.6 is 17.5 Å². The van der Waals surface area contributed by atoms with Gasteiger partial charge in [0.25, 0.3) is 0 Å². The Morgan fingerprint density at radius 2 is 1.91 bits per heavy atom. The summed E-state index contributed by atoms with van der Waals surface area (Å²) in [5, 5.41) is 1.35. The molecule has 124 valence electrons. The molecule has 0 spiro atoms. The van der Waals surface area contributed by atoms with E-state index in [1.807, 2.05) is 6.08 Å². The third-order valence-corrected chi connectivity index (χ3v) is 10.1. The maximum absolute atomic E-state index is 6.40. The Morgan fingerprint density at radius 3 is 2.50 bits per heavy atom. The molecule has 1 nitrogen and oxygen atoms in total. The van der Waals surface area contributed by atoms with Crippen molar-refractivity contribution in [2.75, 3.05) is 19.0 Å². The summed E-state index contributed by atoms with van der Waals surface area (Å²) in [5.41, 5.74) is -1.61. The van der Waals surface area contributed by atoms with Crippen molar-refractivity contribution in [1.82, 2.24) is 0 Å². The number of allylic oxidation sites excluding steroid dienone is 1. The van der Waals surface area contributed by atoms with E-state index < -0.39 is 5.74 Å². The molecule has 22 heavy (non-hydrogen) atoms. The molecule has 1 atom stereocenters. The van der Waals surface area contributed by atoms with E-state index in [-0.39, 0.29) is 0 Å². The van der Waals surface area contributed by atoms with Crippen molar-refractivity contribution in [2.24, 2.45) is 0 Å². The second kappa shape index (κ2) is 11.7. The molecule has 0 fully saturated rings. The van der Waals surface area contributed by atoms with Crippen LogP contribution in [0.25, 0.3) is 0 Å². The molecule has 0 heterocycles. The zero-order valence-corrected chi connectivity index (χ0v) is 17.3. The molecule has 4 heteroatoms. The molecule has 0 aliphatic carbocycles. The summed E-state index contributed by atoms with van der Waals surface area (Å²) in [6.07, 6.45) is 12.4. The first kappa shape index (κ1) is 20.3. The van der Waals surface area contributed by atoms with Crippen LogP contribution in [0.2, 0.25) is 0 Å². The number of benzene rings is 1. The Bertz CT molecular complexity index is 472. The summed E-state index contributed by atoms with van der Waals surface area (Å²) < 4.78 is 6.40. The molecular weight excluding hydrogens is 374 g/mol. The van der Waals surface area contributed by atoms with Crippen molar-refractivity contribution in [1.29, 1.82) is 0 Å². The molecule has 1 unspecified atom stereocenters. The Balaban J connectivity index is 2.71. The van der Waals surface area contributed by atoms with Crippen molar-refractivity contribution in [3.05, 3.63) is 36.9 Å². The minimum absolute atomic E-state index is 0.874. The van der Waals surface area contributed by atoms with Crippen LogP contribution in [0.15, 0.2) is 41.8 Å². The minimum atomic E-state index is -1.61. The topological polar surface area (TPSA) is 9.23 Å². The third-order valence-electron chi connectivity index (χ3n) is 3.62. The Hall–Kier alpha value is 0.219. The van der Waals surface area contributed by atoms with Gasteiger partial charge in [-0.05, 0) is 0 Å². The van der Waals surface area contributed by atoms with Crippen LogP contribution in [-0.4, -0.2) is 34.1 Å². The van der Waals surface area contributed by atoms with Gasteiger partial charge in [0.05, 0.1) is 0 Å². The van der Waals surface area contributed by atoms with E-state index in [4.69, 9.17) is 4.52 Å². The molecule has 1 aromatic rings. The summed E-state index contributed by atoms with van der Waals surface area (Å²) in [4.78, 5) is 1.31. The zero-order chi connectivity index (χ0) is 16.3. The van der Waals surface area contributed by atoms with Crippen LogP contribution in [0.4, 0.5) is 0 Å². The molecule has 0 amide bonds. The summed E-state index contributed by atoms with van der Waals surface area (Å²) in [5.74, 6) is 0. The molecule has 0 N–H and O–H groups in total. The van der Waals surface area contributed by atoms with Gasteiger partial charge in [0, 0.05) is 0 Å². The van der Waals surface area contributed by atoms with Crippen molar-refractivity contribution < 1.29 is 4.52 Å². The average Bonchev–Trinajstić information content (AvgIpc) is 2.55. The van der Waals surface area contributed by atoms with Crippen LogP contribution in [0.3, 0.4) is 0 Å². The number of hydrogen-bond acceptors (Lipinski definition) is 2. The van der Waals surface area contributed by atoms with E-state index in [1.165, 1.54) is 35.9 Å². The Kier molecular flexibility index (Phi) is 10.8. The number of thioether (sulfide) groups is 1. The fourth-order valence-corrected chi connectivity index (χ4v) is 6.88. The normalized spacial score (nSPS) is 13.7.